The molecule has 0 aromatic heterocycles. The standard InChI is InChI=1S/C30H31N3O7S2/c1-21-10-11-22(2)27(18-21)32-41(35,36)25-15-12-23(13-16-25)31-30(34)20-33(42(37,38)26-8-6-5-7-9-26)28-19-24(39-3)14-17-29(28)40-4/h5-19,32H,20H2,1-4H3,(H,31,34). The van der Waals surface area contributed by atoms with Crippen molar-refractivity contribution >= 4 is 43.0 Å². The molecule has 4 aromatic carbocycles. The van der Waals surface area contributed by atoms with E-state index in [1.165, 1.54) is 56.7 Å². The molecule has 0 atom stereocenters. The van der Waals surface area contributed by atoms with Crippen molar-refractivity contribution in [3.05, 3.63) is 102 Å². The zero-order chi connectivity index (χ0) is 30.5. The lowest BCUT2D eigenvalue weighted by Gasteiger charge is -2.26. The quantitative estimate of drug-likeness (QED) is 0.246. The van der Waals surface area contributed by atoms with Crippen LogP contribution in [0.3, 0.4) is 0 Å². The van der Waals surface area contributed by atoms with Crippen LogP contribution in [0.15, 0.2) is 101 Å². The number of rotatable bonds is 11. The van der Waals surface area contributed by atoms with E-state index >= 15 is 0 Å². The number of sulfonamides is 2. The van der Waals surface area contributed by atoms with Gasteiger partial charge in [-0.1, -0.05) is 30.3 Å². The minimum atomic E-state index is -4.21. The van der Waals surface area contributed by atoms with E-state index in [9.17, 15) is 21.6 Å². The maximum absolute atomic E-state index is 13.7. The van der Waals surface area contributed by atoms with Gasteiger partial charge in [0, 0.05) is 11.8 Å². The molecule has 0 heterocycles. The molecule has 4 rings (SSSR count). The van der Waals surface area contributed by atoms with Crippen molar-refractivity contribution in [2.24, 2.45) is 0 Å². The minimum absolute atomic E-state index is 0.00389. The second kappa shape index (κ2) is 12.5. The van der Waals surface area contributed by atoms with Crippen molar-refractivity contribution in [2.75, 3.05) is 35.1 Å². The van der Waals surface area contributed by atoms with Gasteiger partial charge in [-0.05, 0) is 79.6 Å². The first-order valence-electron chi connectivity index (χ1n) is 12.7. The molecule has 42 heavy (non-hydrogen) atoms. The van der Waals surface area contributed by atoms with Gasteiger partial charge in [-0.15, -0.1) is 0 Å². The van der Waals surface area contributed by atoms with E-state index in [1.807, 2.05) is 19.1 Å². The highest BCUT2D eigenvalue weighted by Gasteiger charge is 2.30. The molecule has 0 fully saturated rings. The van der Waals surface area contributed by atoms with Crippen LogP contribution < -0.4 is 23.8 Å². The van der Waals surface area contributed by atoms with Crippen LogP contribution in [0, 0.1) is 13.8 Å². The third kappa shape index (κ3) is 6.84. The molecule has 1 amide bonds. The zero-order valence-electron chi connectivity index (χ0n) is 23.5. The lowest BCUT2D eigenvalue weighted by molar-refractivity contribution is -0.114. The lowest BCUT2D eigenvalue weighted by atomic mass is 10.1. The van der Waals surface area contributed by atoms with Gasteiger partial charge in [0.25, 0.3) is 20.0 Å². The molecule has 0 aliphatic heterocycles. The summed E-state index contributed by atoms with van der Waals surface area (Å²) in [6, 6.07) is 23.4. The molecular formula is C30H31N3O7S2. The maximum atomic E-state index is 13.7. The van der Waals surface area contributed by atoms with E-state index in [-0.39, 0.29) is 26.9 Å². The Kier molecular flexibility index (Phi) is 9.08. The van der Waals surface area contributed by atoms with Gasteiger partial charge in [-0.25, -0.2) is 16.8 Å². The average molecular weight is 610 g/mol. The first kappa shape index (κ1) is 30.4. The summed E-state index contributed by atoms with van der Waals surface area (Å²) in [7, 11) is -5.27. The molecule has 0 aliphatic rings. The Morgan fingerprint density at radius 2 is 1.48 bits per heavy atom. The predicted molar refractivity (Wildman–Crippen MR) is 162 cm³/mol. The normalized spacial score (nSPS) is 11.4. The lowest BCUT2D eigenvalue weighted by Crippen LogP contribution is -2.38. The van der Waals surface area contributed by atoms with Crippen molar-refractivity contribution in [1.29, 1.82) is 0 Å². The number of carbonyl (C=O) groups is 1. The van der Waals surface area contributed by atoms with E-state index in [0.29, 0.717) is 11.4 Å². The van der Waals surface area contributed by atoms with Crippen molar-refractivity contribution in [2.45, 2.75) is 23.6 Å². The topological polar surface area (TPSA) is 131 Å². The number of hydrogen-bond donors (Lipinski definition) is 2. The molecule has 220 valence electrons. The van der Waals surface area contributed by atoms with Crippen molar-refractivity contribution in [3.8, 4) is 11.5 Å². The van der Waals surface area contributed by atoms with Gasteiger partial charge in [0.1, 0.15) is 18.0 Å². The summed E-state index contributed by atoms with van der Waals surface area (Å²) in [6.07, 6.45) is 0. The van der Waals surface area contributed by atoms with Crippen molar-refractivity contribution in [1.82, 2.24) is 0 Å². The predicted octanol–water partition coefficient (Wildman–Crippen LogP) is 4.96. The van der Waals surface area contributed by atoms with Crippen LogP contribution in [0.4, 0.5) is 17.1 Å². The Morgan fingerprint density at radius 1 is 0.786 bits per heavy atom. The molecule has 0 unspecified atom stereocenters. The highest BCUT2D eigenvalue weighted by Crippen LogP contribution is 2.35. The van der Waals surface area contributed by atoms with Gasteiger partial charge >= 0.3 is 0 Å². The molecule has 0 radical (unpaired) electrons. The number of amides is 1. The monoisotopic (exact) mass is 609 g/mol. The molecule has 0 bridgehead atoms. The molecule has 10 nitrogen and oxygen atoms in total. The fraction of sp³-hybridized carbons (Fsp3) is 0.167. The van der Waals surface area contributed by atoms with Crippen LogP contribution in [-0.2, 0) is 24.8 Å². The summed E-state index contributed by atoms with van der Waals surface area (Å²) in [5.74, 6) is -0.0803. The molecule has 0 spiro atoms. The minimum Gasteiger partial charge on any atom is -0.497 e. The third-order valence-corrected chi connectivity index (χ3v) is 9.51. The summed E-state index contributed by atoms with van der Waals surface area (Å²) >= 11 is 0. The average Bonchev–Trinajstić information content (AvgIpc) is 2.98. The van der Waals surface area contributed by atoms with Gasteiger partial charge in [0.15, 0.2) is 0 Å². The zero-order valence-corrected chi connectivity index (χ0v) is 25.1. The van der Waals surface area contributed by atoms with E-state index in [0.717, 1.165) is 15.4 Å². The fourth-order valence-corrected chi connectivity index (χ4v) is 6.67. The summed E-state index contributed by atoms with van der Waals surface area (Å²) < 4.78 is 67.6. The number of nitrogens with zero attached hydrogens (tertiary/aromatic N) is 1. The SMILES string of the molecule is COc1ccc(OC)c(N(CC(=O)Nc2ccc(S(=O)(=O)Nc3cc(C)ccc3C)cc2)S(=O)(=O)c2ccccc2)c1. The number of methoxy groups -OCH3 is 2. The van der Waals surface area contributed by atoms with E-state index < -0.39 is 32.5 Å². The number of benzene rings is 4. The highest BCUT2D eigenvalue weighted by molar-refractivity contribution is 7.93. The van der Waals surface area contributed by atoms with Crippen LogP contribution in [0.25, 0.3) is 0 Å². The van der Waals surface area contributed by atoms with Crippen LogP contribution in [-0.4, -0.2) is 43.5 Å². The van der Waals surface area contributed by atoms with Gasteiger partial charge in [-0.2, -0.15) is 0 Å². The second-order valence-corrected chi connectivity index (χ2v) is 12.9. The Hall–Kier alpha value is -4.55. The molecule has 0 aliphatic carbocycles. The number of carbonyl (C=O) groups excluding carboxylic acids is 1. The van der Waals surface area contributed by atoms with Crippen molar-refractivity contribution in [3.63, 3.8) is 0 Å². The summed E-state index contributed by atoms with van der Waals surface area (Å²) in [4.78, 5) is 13.2. The Morgan fingerprint density at radius 3 is 2.12 bits per heavy atom. The smallest absolute Gasteiger partial charge is 0.264 e. The van der Waals surface area contributed by atoms with E-state index in [2.05, 4.69) is 10.0 Å². The van der Waals surface area contributed by atoms with Crippen LogP contribution >= 0.6 is 0 Å². The summed E-state index contributed by atoms with van der Waals surface area (Å²) in [6.45, 7) is 3.07. The number of nitrogens with one attached hydrogen (secondary N) is 2. The van der Waals surface area contributed by atoms with E-state index in [4.69, 9.17) is 9.47 Å². The Balaban J connectivity index is 1.59. The summed E-state index contributed by atoms with van der Waals surface area (Å²) in [5, 5.41) is 2.64. The highest BCUT2D eigenvalue weighted by atomic mass is 32.2. The van der Waals surface area contributed by atoms with Gasteiger partial charge in [0.2, 0.25) is 5.91 Å². The Bertz CT molecular complexity index is 1790. The van der Waals surface area contributed by atoms with Crippen LogP contribution in [0.5, 0.6) is 11.5 Å². The molecule has 0 saturated heterocycles. The second-order valence-electron chi connectivity index (χ2n) is 9.36. The van der Waals surface area contributed by atoms with Gasteiger partial charge in [-0.3, -0.25) is 13.8 Å². The number of anilines is 3. The van der Waals surface area contributed by atoms with Crippen LogP contribution in [0.2, 0.25) is 0 Å². The van der Waals surface area contributed by atoms with Crippen LogP contribution in [0.1, 0.15) is 11.1 Å². The summed E-state index contributed by atoms with van der Waals surface area (Å²) in [5.41, 5.74) is 2.54. The number of aryl methyl sites for hydroxylation is 2. The molecule has 12 heteroatoms. The number of ether oxygens (including phenoxy) is 2. The Labute approximate surface area is 246 Å². The first-order valence-corrected chi connectivity index (χ1v) is 15.7. The van der Waals surface area contributed by atoms with E-state index in [1.54, 1.807) is 43.3 Å². The molecule has 4 aromatic rings. The van der Waals surface area contributed by atoms with Gasteiger partial charge < -0.3 is 14.8 Å². The molecular weight excluding hydrogens is 578 g/mol. The first-order chi connectivity index (χ1) is 19.9. The molecule has 2 N–H and O–H groups in total. The largest absolute Gasteiger partial charge is 0.497 e. The third-order valence-electron chi connectivity index (χ3n) is 6.36. The molecule has 0 saturated carbocycles. The number of hydrogen-bond acceptors (Lipinski definition) is 7. The maximum Gasteiger partial charge on any atom is 0.264 e. The van der Waals surface area contributed by atoms with Crippen molar-refractivity contribution < 1.29 is 31.1 Å². The fourth-order valence-electron chi connectivity index (χ4n) is 4.11. The van der Waals surface area contributed by atoms with Gasteiger partial charge in [0.05, 0.1) is 35.4 Å².